The van der Waals surface area contributed by atoms with E-state index in [1.807, 2.05) is 31.1 Å². The van der Waals surface area contributed by atoms with Gasteiger partial charge in [0, 0.05) is 43.6 Å². The molecule has 156 valence electrons. The molecule has 0 spiro atoms. The molecule has 2 fully saturated rings. The van der Waals surface area contributed by atoms with E-state index in [1.165, 1.54) is 0 Å². The van der Waals surface area contributed by atoms with Crippen LogP contribution in [0, 0.1) is 0 Å². The van der Waals surface area contributed by atoms with E-state index >= 15 is 0 Å². The highest BCUT2D eigenvalue weighted by Crippen LogP contribution is 2.33. The summed E-state index contributed by atoms with van der Waals surface area (Å²) in [5, 5.41) is 0. The summed E-state index contributed by atoms with van der Waals surface area (Å²) in [5.74, 6) is -0.0996. The van der Waals surface area contributed by atoms with Crippen molar-refractivity contribution in [1.29, 1.82) is 0 Å². The van der Waals surface area contributed by atoms with Gasteiger partial charge in [-0.15, -0.1) is 0 Å². The van der Waals surface area contributed by atoms with Gasteiger partial charge in [0.2, 0.25) is 10.0 Å². The van der Waals surface area contributed by atoms with Crippen LogP contribution in [0.4, 0.5) is 0 Å². The maximum atomic E-state index is 13.3. The molecule has 7 heteroatoms. The van der Waals surface area contributed by atoms with Crippen LogP contribution >= 0.6 is 0 Å². The van der Waals surface area contributed by atoms with Crippen LogP contribution < -0.4 is 0 Å². The van der Waals surface area contributed by atoms with Gasteiger partial charge >= 0.3 is 0 Å². The van der Waals surface area contributed by atoms with Gasteiger partial charge in [0.05, 0.1) is 10.9 Å². The van der Waals surface area contributed by atoms with Crippen molar-refractivity contribution in [2.24, 2.45) is 7.05 Å². The summed E-state index contributed by atoms with van der Waals surface area (Å²) in [5.41, 5.74) is 1.55. The lowest BCUT2D eigenvalue weighted by Crippen LogP contribution is -2.42. The zero-order chi connectivity index (χ0) is 20.6. The lowest BCUT2D eigenvalue weighted by Gasteiger charge is -2.32. The average molecular weight is 416 g/mol. The number of hydrogen-bond acceptors (Lipinski definition) is 3. The molecule has 1 amide bonds. The Morgan fingerprint density at radius 3 is 2.59 bits per heavy atom. The standard InChI is InChI=1S/C22H29N3O3S/c1-17-8-3-4-15-25(17)29(27,28)19-10-5-9-18(16-19)22(26)24-14-7-12-21(24)20-11-6-13-23(20)2/h5-6,9-11,13,16-17,21H,3-4,7-8,12,14-15H2,1-2H3. The van der Waals surface area contributed by atoms with Crippen LogP contribution in [0.15, 0.2) is 47.5 Å². The van der Waals surface area contributed by atoms with Crippen molar-refractivity contribution in [3.05, 3.63) is 53.9 Å². The molecular weight excluding hydrogens is 386 g/mol. The minimum Gasteiger partial charge on any atom is -0.353 e. The van der Waals surface area contributed by atoms with Gasteiger partial charge < -0.3 is 9.47 Å². The highest BCUT2D eigenvalue weighted by molar-refractivity contribution is 7.89. The topological polar surface area (TPSA) is 62.6 Å². The van der Waals surface area contributed by atoms with E-state index in [-0.39, 0.29) is 22.9 Å². The van der Waals surface area contributed by atoms with Crippen LogP contribution in [0.1, 0.15) is 61.1 Å². The third-order valence-corrected chi connectivity index (χ3v) is 8.28. The van der Waals surface area contributed by atoms with Crippen molar-refractivity contribution >= 4 is 15.9 Å². The molecule has 2 aliphatic rings. The first-order chi connectivity index (χ1) is 13.9. The van der Waals surface area contributed by atoms with Gasteiger partial charge in [-0.25, -0.2) is 8.42 Å². The quantitative estimate of drug-likeness (QED) is 0.767. The highest BCUT2D eigenvalue weighted by atomic mass is 32.2. The molecule has 0 N–H and O–H groups in total. The lowest BCUT2D eigenvalue weighted by molar-refractivity contribution is 0.0731. The van der Waals surface area contributed by atoms with E-state index in [9.17, 15) is 13.2 Å². The fourth-order valence-electron chi connectivity index (χ4n) is 4.66. The Labute approximate surface area is 173 Å². The van der Waals surface area contributed by atoms with Crippen LogP contribution in [0.3, 0.4) is 0 Å². The fourth-order valence-corrected chi connectivity index (χ4v) is 6.40. The van der Waals surface area contributed by atoms with Crippen molar-refractivity contribution in [3.8, 4) is 0 Å². The Balaban J connectivity index is 1.61. The molecule has 2 aliphatic heterocycles. The van der Waals surface area contributed by atoms with Crippen molar-refractivity contribution in [1.82, 2.24) is 13.8 Å². The molecular formula is C22H29N3O3S. The number of hydrogen-bond donors (Lipinski definition) is 0. The zero-order valence-electron chi connectivity index (χ0n) is 17.1. The molecule has 4 rings (SSSR count). The van der Waals surface area contributed by atoms with Crippen LogP contribution in [-0.2, 0) is 17.1 Å². The summed E-state index contributed by atoms with van der Waals surface area (Å²) < 4.78 is 30.0. The second-order valence-electron chi connectivity index (χ2n) is 8.19. The van der Waals surface area contributed by atoms with Gasteiger partial charge in [0.1, 0.15) is 0 Å². The number of amides is 1. The molecule has 2 atom stereocenters. The molecule has 2 saturated heterocycles. The summed E-state index contributed by atoms with van der Waals surface area (Å²) in [4.78, 5) is 15.4. The Bertz CT molecular complexity index is 998. The third kappa shape index (κ3) is 3.73. The largest absolute Gasteiger partial charge is 0.353 e. The number of piperidine rings is 1. The third-order valence-electron chi connectivity index (χ3n) is 6.27. The monoisotopic (exact) mass is 415 g/mol. The number of carbonyl (C=O) groups excluding carboxylic acids is 1. The Morgan fingerprint density at radius 2 is 1.86 bits per heavy atom. The van der Waals surface area contributed by atoms with Gasteiger partial charge in [0.15, 0.2) is 0 Å². The lowest BCUT2D eigenvalue weighted by atomic mass is 10.1. The van der Waals surface area contributed by atoms with Crippen LogP contribution in [0.5, 0.6) is 0 Å². The molecule has 2 unspecified atom stereocenters. The second kappa shape index (κ2) is 7.95. The highest BCUT2D eigenvalue weighted by Gasteiger charge is 2.34. The minimum absolute atomic E-state index is 0.00610. The van der Waals surface area contributed by atoms with E-state index in [0.29, 0.717) is 18.7 Å². The number of benzene rings is 1. The molecule has 0 radical (unpaired) electrons. The maximum Gasteiger partial charge on any atom is 0.254 e. The summed E-state index contributed by atoms with van der Waals surface area (Å²) in [6.07, 6.45) is 6.68. The molecule has 1 aromatic carbocycles. The summed E-state index contributed by atoms with van der Waals surface area (Å²) >= 11 is 0. The zero-order valence-corrected chi connectivity index (χ0v) is 17.9. The maximum absolute atomic E-state index is 13.3. The Hall–Kier alpha value is -2.12. The molecule has 0 aliphatic carbocycles. The first kappa shape index (κ1) is 20.2. The van der Waals surface area contributed by atoms with Gasteiger partial charge in [-0.2, -0.15) is 4.31 Å². The van der Waals surface area contributed by atoms with Gasteiger partial charge in [-0.3, -0.25) is 4.79 Å². The van der Waals surface area contributed by atoms with Crippen LogP contribution in [-0.4, -0.2) is 47.2 Å². The van der Waals surface area contributed by atoms with Gasteiger partial charge in [-0.1, -0.05) is 12.5 Å². The predicted octanol–water partition coefficient (Wildman–Crippen LogP) is 3.57. The van der Waals surface area contributed by atoms with E-state index < -0.39 is 10.0 Å². The van der Waals surface area contributed by atoms with Crippen molar-refractivity contribution in [3.63, 3.8) is 0 Å². The normalized spacial score (nSPS) is 23.4. The number of likely N-dealkylation sites (tertiary alicyclic amines) is 1. The van der Waals surface area contributed by atoms with Gasteiger partial charge in [-0.05, 0) is 62.9 Å². The number of sulfonamides is 1. The molecule has 3 heterocycles. The first-order valence-corrected chi connectivity index (χ1v) is 11.9. The minimum atomic E-state index is -3.60. The molecule has 6 nitrogen and oxygen atoms in total. The number of nitrogens with zero attached hydrogens (tertiary/aromatic N) is 3. The van der Waals surface area contributed by atoms with Crippen LogP contribution in [0.2, 0.25) is 0 Å². The number of aryl methyl sites for hydroxylation is 1. The smallest absolute Gasteiger partial charge is 0.254 e. The number of rotatable bonds is 4. The van der Waals surface area contributed by atoms with E-state index in [2.05, 4.69) is 10.6 Å². The Morgan fingerprint density at radius 1 is 1.03 bits per heavy atom. The molecule has 1 aromatic heterocycles. The van der Waals surface area contributed by atoms with Gasteiger partial charge in [0.25, 0.3) is 5.91 Å². The van der Waals surface area contributed by atoms with E-state index in [0.717, 1.165) is 37.8 Å². The summed E-state index contributed by atoms with van der Waals surface area (Å²) in [6, 6.07) is 10.6. The van der Waals surface area contributed by atoms with Crippen LogP contribution in [0.25, 0.3) is 0 Å². The Kier molecular flexibility index (Phi) is 5.53. The second-order valence-corrected chi connectivity index (χ2v) is 10.1. The SMILES string of the molecule is CC1CCCCN1S(=O)(=O)c1cccc(C(=O)N2CCCC2c2cccn2C)c1. The molecule has 0 saturated carbocycles. The van der Waals surface area contributed by atoms with E-state index in [1.54, 1.807) is 28.6 Å². The van der Waals surface area contributed by atoms with Crippen molar-refractivity contribution in [2.45, 2.75) is 56.0 Å². The summed E-state index contributed by atoms with van der Waals surface area (Å²) in [7, 11) is -1.61. The molecule has 2 aromatic rings. The average Bonchev–Trinajstić information content (AvgIpc) is 3.36. The van der Waals surface area contributed by atoms with E-state index in [4.69, 9.17) is 0 Å². The summed E-state index contributed by atoms with van der Waals surface area (Å²) in [6.45, 7) is 3.19. The molecule has 0 bridgehead atoms. The molecule has 29 heavy (non-hydrogen) atoms. The van der Waals surface area contributed by atoms with Crippen molar-refractivity contribution < 1.29 is 13.2 Å². The fraction of sp³-hybridized carbons (Fsp3) is 0.500. The predicted molar refractivity (Wildman–Crippen MR) is 112 cm³/mol. The number of carbonyl (C=O) groups is 1. The number of aromatic nitrogens is 1. The first-order valence-electron chi connectivity index (χ1n) is 10.4. The van der Waals surface area contributed by atoms with Crippen molar-refractivity contribution in [2.75, 3.05) is 13.1 Å².